The second-order valence-corrected chi connectivity index (χ2v) is 10.3. The highest BCUT2D eigenvalue weighted by Gasteiger charge is 2.27. The molecule has 0 aromatic heterocycles. The minimum atomic E-state index is -3.24. The predicted octanol–water partition coefficient (Wildman–Crippen LogP) is 2.93. The number of sulfone groups is 1. The van der Waals surface area contributed by atoms with Gasteiger partial charge >= 0.3 is 0 Å². The van der Waals surface area contributed by atoms with E-state index in [1.807, 2.05) is 13.0 Å². The van der Waals surface area contributed by atoms with Gasteiger partial charge in [-0.15, -0.1) is 0 Å². The SMILES string of the molecule is Cc1cccc(S(=O)(=O)C[C@H]2CC[C@H](NC(=O)CN3CCCCC3)CC2)c1. The van der Waals surface area contributed by atoms with Crippen LogP contribution in [-0.4, -0.2) is 50.7 Å². The van der Waals surface area contributed by atoms with Crippen LogP contribution in [0.3, 0.4) is 0 Å². The van der Waals surface area contributed by atoms with Gasteiger partial charge in [0.15, 0.2) is 9.84 Å². The fourth-order valence-corrected chi connectivity index (χ4v) is 6.08. The van der Waals surface area contributed by atoms with Crippen molar-refractivity contribution in [2.75, 3.05) is 25.4 Å². The zero-order valence-electron chi connectivity index (χ0n) is 16.3. The van der Waals surface area contributed by atoms with Crippen LogP contribution in [0.15, 0.2) is 29.2 Å². The first-order chi connectivity index (χ1) is 12.9. The summed E-state index contributed by atoms with van der Waals surface area (Å²) in [5.41, 5.74) is 0.969. The second kappa shape index (κ2) is 9.20. The summed E-state index contributed by atoms with van der Waals surface area (Å²) in [5, 5.41) is 3.16. The molecule has 0 atom stereocenters. The number of nitrogens with zero attached hydrogens (tertiary/aromatic N) is 1. The van der Waals surface area contributed by atoms with E-state index in [1.165, 1.54) is 19.3 Å². The summed E-state index contributed by atoms with van der Waals surface area (Å²) in [4.78, 5) is 14.9. The molecule has 0 bridgehead atoms. The molecule has 1 aliphatic carbocycles. The molecule has 1 saturated carbocycles. The van der Waals surface area contributed by atoms with E-state index >= 15 is 0 Å². The molecular weight excluding hydrogens is 360 g/mol. The van der Waals surface area contributed by atoms with Gasteiger partial charge in [0.1, 0.15) is 0 Å². The molecule has 0 unspecified atom stereocenters. The molecule has 1 aromatic rings. The van der Waals surface area contributed by atoms with E-state index < -0.39 is 9.84 Å². The van der Waals surface area contributed by atoms with Gasteiger partial charge < -0.3 is 5.32 Å². The first-order valence-corrected chi connectivity index (χ1v) is 11.9. The Morgan fingerprint density at radius 1 is 1.11 bits per heavy atom. The molecule has 1 aliphatic heterocycles. The lowest BCUT2D eigenvalue weighted by Crippen LogP contribution is -2.45. The maximum absolute atomic E-state index is 12.7. The van der Waals surface area contributed by atoms with E-state index in [9.17, 15) is 13.2 Å². The molecule has 0 spiro atoms. The van der Waals surface area contributed by atoms with Gasteiger partial charge in [0, 0.05) is 6.04 Å². The van der Waals surface area contributed by atoms with Crippen molar-refractivity contribution < 1.29 is 13.2 Å². The molecular formula is C21H32N2O3S. The Kier molecular flexibility index (Phi) is 6.93. The smallest absolute Gasteiger partial charge is 0.234 e. The van der Waals surface area contributed by atoms with E-state index in [4.69, 9.17) is 0 Å². The number of piperidine rings is 1. The third kappa shape index (κ3) is 6.04. The molecule has 6 heteroatoms. The molecule has 0 radical (unpaired) electrons. The molecule has 5 nitrogen and oxygen atoms in total. The number of benzene rings is 1. The Labute approximate surface area is 163 Å². The van der Waals surface area contributed by atoms with Gasteiger partial charge in [-0.05, 0) is 82.2 Å². The van der Waals surface area contributed by atoms with Gasteiger partial charge in [0.25, 0.3) is 0 Å². The fraction of sp³-hybridized carbons (Fsp3) is 0.667. The molecule has 2 aliphatic rings. The number of hydrogen-bond donors (Lipinski definition) is 1. The summed E-state index contributed by atoms with van der Waals surface area (Å²) < 4.78 is 25.3. The number of carbonyl (C=O) groups excluding carboxylic acids is 1. The summed E-state index contributed by atoms with van der Waals surface area (Å²) in [7, 11) is -3.24. The molecule has 27 heavy (non-hydrogen) atoms. The van der Waals surface area contributed by atoms with Crippen molar-refractivity contribution in [3.63, 3.8) is 0 Å². The maximum Gasteiger partial charge on any atom is 0.234 e. The summed E-state index contributed by atoms with van der Waals surface area (Å²) >= 11 is 0. The third-order valence-corrected chi connectivity index (χ3v) is 7.71. The van der Waals surface area contributed by atoms with Crippen molar-refractivity contribution in [3.8, 4) is 0 Å². The number of rotatable bonds is 6. The van der Waals surface area contributed by atoms with Gasteiger partial charge in [-0.25, -0.2) is 8.42 Å². The van der Waals surface area contributed by atoms with E-state index in [0.29, 0.717) is 11.4 Å². The predicted molar refractivity (Wildman–Crippen MR) is 107 cm³/mol. The van der Waals surface area contributed by atoms with Crippen LogP contribution in [-0.2, 0) is 14.6 Å². The number of carbonyl (C=O) groups is 1. The van der Waals surface area contributed by atoms with Crippen LogP contribution in [0, 0.1) is 12.8 Å². The lowest BCUT2D eigenvalue weighted by Gasteiger charge is -2.30. The van der Waals surface area contributed by atoms with E-state index in [1.54, 1.807) is 18.2 Å². The quantitative estimate of drug-likeness (QED) is 0.808. The molecule has 1 saturated heterocycles. The van der Waals surface area contributed by atoms with Crippen LogP contribution in [0.4, 0.5) is 0 Å². The molecule has 150 valence electrons. The number of amides is 1. The van der Waals surface area contributed by atoms with Crippen molar-refractivity contribution in [1.29, 1.82) is 0 Å². The standard InChI is InChI=1S/C21H32N2O3S/c1-17-6-5-7-20(14-17)27(25,26)16-18-8-10-19(11-9-18)22-21(24)15-23-12-3-2-4-13-23/h5-7,14,18-19H,2-4,8-13,15-16H2,1H3,(H,22,24)/t18-,19-. The van der Waals surface area contributed by atoms with Crippen LogP contribution in [0.5, 0.6) is 0 Å². The fourth-order valence-electron chi connectivity index (χ4n) is 4.28. The number of hydrogen-bond acceptors (Lipinski definition) is 4. The minimum absolute atomic E-state index is 0.118. The Balaban J connectivity index is 1.44. The van der Waals surface area contributed by atoms with Crippen molar-refractivity contribution in [2.24, 2.45) is 5.92 Å². The normalized spacial score (nSPS) is 24.5. The summed E-state index contributed by atoms with van der Waals surface area (Å²) in [6.45, 7) is 4.46. The van der Waals surface area contributed by atoms with E-state index in [-0.39, 0.29) is 23.6 Å². The monoisotopic (exact) mass is 392 g/mol. The van der Waals surface area contributed by atoms with Crippen LogP contribution >= 0.6 is 0 Å². The summed E-state index contributed by atoms with van der Waals surface area (Å²) in [6.07, 6.45) is 7.12. The van der Waals surface area contributed by atoms with Crippen LogP contribution in [0.2, 0.25) is 0 Å². The highest BCUT2D eigenvalue weighted by atomic mass is 32.2. The first-order valence-electron chi connectivity index (χ1n) is 10.2. The van der Waals surface area contributed by atoms with Gasteiger partial charge in [-0.2, -0.15) is 0 Å². The third-order valence-electron chi connectivity index (χ3n) is 5.83. The number of likely N-dealkylation sites (tertiary alicyclic amines) is 1. The van der Waals surface area contributed by atoms with Crippen molar-refractivity contribution in [1.82, 2.24) is 10.2 Å². The zero-order valence-corrected chi connectivity index (χ0v) is 17.1. The minimum Gasteiger partial charge on any atom is -0.352 e. The average molecular weight is 393 g/mol. The number of aryl methyl sites for hydroxylation is 1. The Bertz CT molecular complexity index is 734. The van der Waals surface area contributed by atoms with Crippen LogP contribution < -0.4 is 5.32 Å². The lowest BCUT2D eigenvalue weighted by molar-refractivity contribution is -0.123. The number of nitrogens with one attached hydrogen (secondary N) is 1. The first kappa shape index (κ1) is 20.3. The molecule has 3 rings (SSSR count). The van der Waals surface area contributed by atoms with Gasteiger partial charge in [-0.1, -0.05) is 18.6 Å². The molecule has 2 fully saturated rings. The maximum atomic E-state index is 12.7. The zero-order chi connectivity index (χ0) is 19.3. The van der Waals surface area contributed by atoms with Crippen molar-refractivity contribution in [2.45, 2.75) is 62.8 Å². The second-order valence-electron chi connectivity index (χ2n) is 8.22. The lowest BCUT2D eigenvalue weighted by atomic mass is 9.87. The molecule has 1 aromatic carbocycles. The largest absolute Gasteiger partial charge is 0.352 e. The molecule has 1 heterocycles. The molecule has 1 amide bonds. The summed E-state index contributed by atoms with van der Waals surface area (Å²) in [6, 6.07) is 7.35. The van der Waals surface area contributed by atoms with E-state index in [2.05, 4.69) is 10.2 Å². The Hall–Kier alpha value is -1.40. The average Bonchev–Trinajstić information content (AvgIpc) is 2.64. The van der Waals surface area contributed by atoms with Crippen LogP contribution in [0.25, 0.3) is 0 Å². The van der Waals surface area contributed by atoms with Crippen molar-refractivity contribution in [3.05, 3.63) is 29.8 Å². The molecule has 1 N–H and O–H groups in total. The topological polar surface area (TPSA) is 66.5 Å². The van der Waals surface area contributed by atoms with E-state index in [0.717, 1.165) is 44.3 Å². The van der Waals surface area contributed by atoms with Gasteiger partial charge in [0.2, 0.25) is 5.91 Å². The van der Waals surface area contributed by atoms with Gasteiger partial charge in [0.05, 0.1) is 17.2 Å². The van der Waals surface area contributed by atoms with Gasteiger partial charge in [-0.3, -0.25) is 9.69 Å². The Morgan fingerprint density at radius 3 is 2.48 bits per heavy atom. The Morgan fingerprint density at radius 2 is 1.81 bits per heavy atom. The summed E-state index contributed by atoms with van der Waals surface area (Å²) in [5.74, 6) is 0.517. The highest BCUT2D eigenvalue weighted by Crippen LogP contribution is 2.28. The van der Waals surface area contributed by atoms with Crippen LogP contribution in [0.1, 0.15) is 50.5 Å². The van der Waals surface area contributed by atoms with Crippen molar-refractivity contribution >= 4 is 15.7 Å². The highest BCUT2D eigenvalue weighted by molar-refractivity contribution is 7.91.